The van der Waals surface area contributed by atoms with E-state index in [0.29, 0.717) is 19.6 Å². The molecule has 1 rings (SSSR count). The van der Waals surface area contributed by atoms with Crippen molar-refractivity contribution in [3.8, 4) is 5.75 Å². The Balaban J connectivity index is 2.29. The zero-order valence-electron chi connectivity index (χ0n) is 12.5. The summed E-state index contributed by atoms with van der Waals surface area (Å²) in [5.74, 6) is -0.157. The summed E-state index contributed by atoms with van der Waals surface area (Å²) < 4.78 is 5.52. The maximum absolute atomic E-state index is 12.0. The lowest BCUT2D eigenvalue weighted by Gasteiger charge is -2.18. The smallest absolute Gasteiger partial charge is 0.231 e. The Labute approximate surface area is 125 Å². The highest BCUT2D eigenvalue weighted by atomic mass is 16.5. The minimum atomic E-state index is -0.620. The highest BCUT2D eigenvalue weighted by molar-refractivity contribution is 6.02. The number of ether oxygens (including phenoxy) is 1. The first kappa shape index (κ1) is 16.8. The molecular weight excluding hydrogens is 270 g/mol. The SMILES string of the molecule is CC(C)C(C(=O)NCCCOc1ccccc1)C(N)=NO. The molecule has 0 fully saturated rings. The van der Waals surface area contributed by atoms with Crippen molar-refractivity contribution in [3.63, 3.8) is 0 Å². The number of amides is 1. The number of oxime groups is 1. The van der Waals surface area contributed by atoms with Crippen LogP contribution in [0.4, 0.5) is 0 Å². The largest absolute Gasteiger partial charge is 0.494 e. The molecule has 6 heteroatoms. The first-order valence-electron chi connectivity index (χ1n) is 6.99. The van der Waals surface area contributed by atoms with Crippen molar-refractivity contribution in [1.82, 2.24) is 5.32 Å². The fourth-order valence-electron chi connectivity index (χ4n) is 1.94. The van der Waals surface area contributed by atoms with Crippen molar-refractivity contribution < 1.29 is 14.7 Å². The summed E-state index contributed by atoms with van der Waals surface area (Å²) in [7, 11) is 0. The first-order valence-corrected chi connectivity index (χ1v) is 6.99. The molecule has 0 heterocycles. The quantitative estimate of drug-likeness (QED) is 0.223. The number of rotatable bonds is 8. The van der Waals surface area contributed by atoms with Crippen LogP contribution in [0.25, 0.3) is 0 Å². The van der Waals surface area contributed by atoms with Gasteiger partial charge in [-0.05, 0) is 24.5 Å². The maximum Gasteiger partial charge on any atom is 0.231 e. The van der Waals surface area contributed by atoms with E-state index in [1.807, 2.05) is 44.2 Å². The van der Waals surface area contributed by atoms with Crippen molar-refractivity contribution in [1.29, 1.82) is 0 Å². The molecule has 0 saturated carbocycles. The predicted molar refractivity (Wildman–Crippen MR) is 81.3 cm³/mol. The fourth-order valence-corrected chi connectivity index (χ4v) is 1.94. The summed E-state index contributed by atoms with van der Waals surface area (Å²) in [5, 5.41) is 14.4. The van der Waals surface area contributed by atoms with E-state index in [1.54, 1.807) is 0 Å². The zero-order valence-corrected chi connectivity index (χ0v) is 12.5. The van der Waals surface area contributed by atoms with E-state index in [1.165, 1.54) is 0 Å². The molecule has 21 heavy (non-hydrogen) atoms. The lowest BCUT2D eigenvalue weighted by Crippen LogP contribution is -2.42. The fraction of sp³-hybridized carbons (Fsp3) is 0.467. The molecule has 0 bridgehead atoms. The van der Waals surface area contributed by atoms with Gasteiger partial charge >= 0.3 is 0 Å². The van der Waals surface area contributed by atoms with Gasteiger partial charge in [-0.15, -0.1) is 0 Å². The predicted octanol–water partition coefficient (Wildman–Crippen LogP) is 1.59. The van der Waals surface area contributed by atoms with Gasteiger partial charge in [-0.25, -0.2) is 0 Å². The van der Waals surface area contributed by atoms with Gasteiger partial charge in [-0.1, -0.05) is 37.2 Å². The number of para-hydroxylation sites is 1. The van der Waals surface area contributed by atoms with E-state index in [0.717, 1.165) is 5.75 Å². The van der Waals surface area contributed by atoms with Gasteiger partial charge in [0.2, 0.25) is 5.91 Å². The van der Waals surface area contributed by atoms with Crippen LogP contribution in [0, 0.1) is 11.8 Å². The van der Waals surface area contributed by atoms with E-state index in [2.05, 4.69) is 10.5 Å². The van der Waals surface area contributed by atoms with E-state index in [9.17, 15) is 4.79 Å². The van der Waals surface area contributed by atoms with E-state index in [-0.39, 0.29) is 17.7 Å². The molecule has 1 atom stereocenters. The monoisotopic (exact) mass is 293 g/mol. The van der Waals surface area contributed by atoms with Gasteiger partial charge in [0, 0.05) is 6.54 Å². The van der Waals surface area contributed by atoms with Crippen molar-refractivity contribution in [2.75, 3.05) is 13.2 Å². The lowest BCUT2D eigenvalue weighted by atomic mass is 9.94. The van der Waals surface area contributed by atoms with Gasteiger partial charge < -0.3 is 21.0 Å². The van der Waals surface area contributed by atoms with E-state index < -0.39 is 5.92 Å². The molecule has 0 aliphatic rings. The average Bonchev–Trinajstić information content (AvgIpc) is 2.47. The topological polar surface area (TPSA) is 96.9 Å². The summed E-state index contributed by atoms with van der Waals surface area (Å²) in [6.45, 7) is 4.69. The molecule has 0 radical (unpaired) electrons. The number of benzene rings is 1. The second-order valence-corrected chi connectivity index (χ2v) is 5.05. The molecule has 6 nitrogen and oxygen atoms in total. The third kappa shape index (κ3) is 5.72. The van der Waals surface area contributed by atoms with Crippen LogP contribution < -0.4 is 15.8 Å². The van der Waals surface area contributed by atoms with Crippen LogP contribution in [0.15, 0.2) is 35.5 Å². The molecule has 0 spiro atoms. The lowest BCUT2D eigenvalue weighted by molar-refractivity contribution is -0.124. The highest BCUT2D eigenvalue weighted by Crippen LogP contribution is 2.11. The third-order valence-electron chi connectivity index (χ3n) is 3.02. The Morgan fingerprint density at radius 2 is 2.05 bits per heavy atom. The summed E-state index contributed by atoms with van der Waals surface area (Å²) in [4.78, 5) is 12.0. The van der Waals surface area contributed by atoms with Crippen molar-refractivity contribution in [2.24, 2.45) is 22.7 Å². The van der Waals surface area contributed by atoms with Gasteiger partial charge in [0.1, 0.15) is 11.7 Å². The van der Waals surface area contributed by atoms with Crippen LogP contribution in [-0.2, 0) is 4.79 Å². The minimum absolute atomic E-state index is 0.0403. The first-order chi connectivity index (χ1) is 10.1. The Morgan fingerprint density at radius 1 is 1.38 bits per heavy atom. The van der Waals surface area contributed by atoms with Crippen LogP contribution in [0.1, 0.15) is 20.3 Å². The summed E-state index contributed by atoms with van der Waals surface area (Å²) in [6, 6.07) is 9.49. The van der Waals surface area contributed by atoms with Gasteiger partial charge in [0.15, 0.2) is 5.84 Å². The van der Waals surface area contributed by atoms with Crippen molar-refractivity contribution >= 4 is 11.7 Å². The molecule has 0 aliphatic carbocycles. The second-order valence-electron chi connectivity index (χ2n) is 5.05. The standard InChI is InChI=1S/C15H23N3O3/c1-11(2)13(14(16)18-20)15(19)17-9-6-10-21-12-7-4-3-5-8-12/h3-5,7-8,11,13,20H,6,9-10H2,1-2H3,(H2,16,18)(H,17,19). The minimum Gasteiger partial charge on any atom is -0.494 e. The number of hydrogen-bond acceptors (Lipinski definition) is 4. The highest BCUT2D eigenvalue weighted by Gasteiger charge is 2.26. The normalized spacial score (nSPS) is 13.0. The molecule has 1 aromatic carbocycles. The van der Waals surface area contributed by atoms with Crippen LogP contribution in [0.5, 0.6) is 5.75 Å². The average molecular weight is 293 g/mol. The number of carbonyl (C=O) groups is 1. The van der Waals surface area contributed by atoms with Crippen LogP contribution in [0.2, 0.25) is 0 Å². The van der Waals surface area contributed by atoms with Crippen molar-refractivity contribution in [3.05, 3.63) is 30.3 Å². The number of nitrogens with two attached hydrogens (primary N) is 1. The number of nitrogens with one attached hydrogen (secondary N) is 1. The molecular formula is C15H23N3O3. The van der Waals surface area contributed by atoms with Gasteiger partial charge in [0.05, 0.1) is 6.61 Å². The molecule has 1 amide bonds. The van der Waals surface area contributed by atoms with Crippen LogP contribution in [-0.4, -0.2) is 30.1 Å². The van der Waals surface area contributed by atoms with Gasteiger partial charge in [-0.3, -0.25) is 4.79 Å². The zero-order chi connectivity index (χ0) is 15.7. The molecule has 0 saturated heterocycles. The van der Waals surface area contributed by atoms with E-state index >= 15 is 0 Å². The van der Waals surface area contributed by atoms with E-state index in [4.69, 9.17) is 15.7 Å². The second kappa shape index (κ2) is 8.84. The Morgan fingerprint density at radius 3 is 2.62 bits per heavy atom. The van der Waals surface area contributed by atoms with Crippen molar-refractivity contribution in [2.45, 2.75) is 20.3 Å². The molecule has 1 aromatic rings. The number of nitrogens with zero attached hydrogens (tertiary/aromatic N) is 1. The van der Waals surface area contributed by atoms with Gasteiger partial charge in [0.25, 0.3) is 0 Å². The molecule has 0 aliphatic heterocycles. The summed E-state index contributed by atoms with van der Waals surface area (Å²) >= 11 is 0. The molecule has 116 valence electrons. The third-order valence-corrected chi connectivity index (χ3v) is 3.02. The summed E-state index contributed by atoms with van der Waals surface area (Å²) in [6.07, 6.45) is 0.682. The molecule has 4 N–H and O–H groups in total. The number of hydrogen-bond donors (Lipinski definition) is 3. The van der Waals surface area contributed by atoms with Gasteiger partial charge in [-0.2, -0.15) is 0 Å². The van der Waals surface area contributed by atoms with Crippen LogP contribution in [0.3, 0.4) is 0 Å². The number of carbonyl (C=O) groups excluding carboxylic acids is 1. The summed E-state index contributed by atoms with van der Waals surface area (Å²) in [5.41, 5.74) is 5.54. The Kier molecular flexibility index (Phi) is 7.08. The maximum atomic E-state index is 12.0. The molecule has 1 unspecified atom stereocenters. The Bertz CT molecular complexity index is 460. The number of amidine groups is 1. The Hall–Kier alpha value is -2.24. The van der Waals surface area contributed by atoms with Crippen LogP contribution >= 0.6 is 0 Å². The molecule has 0 aromatic heterocycles.